The Morgan fingerprint density at radius 1 is 1.36 bits per heavy atom. The lowest BCUT2D eigenvalue weighted by molar-refractivity contribution is 0.112. The van der Waals surface area contributed by atoms with Gasteiger partial charge in [-0.2, -0.15) is 0 Å². The maximum absolute atomic E-state index is 10.6. The number of nitrogens with zero attached hydrogens (tertiary/aromatic N) is 1. The standard InChI is InChI=1S/C10H5BrClNO/c11-8-3-7-1-6(5-14)2-9(12)10(7)13-4-8/h1-5H. The van der Waals surface area contributed by atoms with Gasteiger partial charge in [0.15, 0.2) is 0 Å². The van der Waals surface area contributed by atoms with E-state index in [9.17, 15) is 4.79 Å². The molecule has 1 aromatic heterocycles. The molecule has 4 heteroatoms. The Labute approximate surface area is 94.0 Å². The molecule has 0 radical (unpaired) electrons. The molecule has 2 aromatic rings. The fourth-order valence-corrected chi connectivity index (χ4v) is 1.90. The zero-order valence-electron chi connectivity index (χ0n) is 7.00. The number of hydrogen-bond donors (Lipinski definition) is 0. The molecule has 0 unspecified atom stereocenters. The largest absolute Gasteiger partial charge is 0.298 e. The van der Waals surface area contributed by atoms with Gasteiger partial charge in [-0.15, -0.1) is 0 Å². The number of carbonyl (C=O) groups is 1. The fraction of sp³-hybridized carbons (Fsp3) is 0. The summed E-state index contributed by atoms with van der Waals surface area (Å²) in [5.41, 5.74) is 1.27. The maximum Gasteiger partial charge on any atom is 0.150 e. The summed E-state index contributed by atoms with van der Waals surface area (Å²) in [7, 11) is 0. The van der Waals surface area contributed by atoms with E-state index < -0.39 is 0 Å². The molecule has 0 aliphatic carbocycles. The first-order chi connectivity index (χ1) is 6.70. The van der Waals surface area contributed by atoms with Crippen molar-refractivity contribution < 1.29 is 4.79 Å². The number of pyridine rings is 1. The fourth-order valence-electron chi connectivity index (χ4n) is 1.27. The predicted octanol–water partition coefficient (Wildman–Crippen LogP) is 3.46. The second-order valence-corrected chi connectivity index (χ2v) is 4.17. The smallest absolute Gasteiger partial charge is 0.150 e. The summed E-state index contributed by atoms with van der Waals surface area (Å²) < 4.78 is 0.865. The van der Waals surface area contributed by atoms with Crippen LogP contribution in [0.1, 0.15) is 10.4 Å². The van der Waals surface area contributed by atoms with Gasteiger partial charge in [0.1, 0.15) is 6.29 Å². The number of aldehydes is 1. The lowest BCUT2D eigenvalue weighted by Gasteiger charge is -2.01. The lowest BCUT2D eigenvalue weighted by Crippen LogP contribution is -1.85. The summed E-state index contributed by atoms with van der Waals surface area (Å²) in [6.45, 7) is 0. The van der Waals surface area contributed by atoms with Crippen LogP contribution in [0.5, 0.6) is 0 Å². The Bertz CT molecular complexity index is 513. The van der Waals surface area contributed by atoms with Gasteiger partial charge in [-0.25, -0.2) is 0 Å². The van der Waals surface area contributed by atoms with Crippen LogP contribution in [0.25, 0.3) is 10.9 Å². The summed E-state index contributed by atoms with van der Waals surface area (Å²) in [6, 6.07) is 5.24. The van der Waals surface area contributed by atoms with Gasteiger partial charge in [-0.05, 0) is 34.1 Å². The topological polar surface area (TPSA) is 30.0 Å². The number of halogens is 2. The number of rotatable bonds is 1. The van der Waals surface area contributed by atoms with Crippen molar-refractivity contribution in [2.24, 2.45) is 0 Å². The number of hydrogen-bond acceptors (Lipinski definition) is 2. The molecular formula is C10H5BrClNO. The van der Waals surface area contributed by atoms with E-state index in [2.05, 4.69) is 20.9 Å². The van der Waals surface area contributed by atoms with Crippen LogP contribution >= 0.6 is 27.5 Å². The Hall–Kier alpha value is -0.930. The molecule has 0 saturated heterocycles. The molecule has 2 nitrogen and oxygen atoms in total. The first kappa shape index (κ1) is 9.62. The Morgan fingerprint density at radius 3 is 2.86 bits per heavy atom. The minimum absolute atomic E-state index is 0.497. The van der Waals surface area contributed by atoms with Crippen molar-refractivity contribution in [3.63, 3.8) is 0 Å². The zero-order chi connectivity index (χ0) is 10.1. The molecule has 0 aliphatic rings. The van der Waals surface area contributed by atoms with Gasteiger partial charge in [-0.1, -0.05) is 11.6 Å². The number of benzene rings is 1. The SMILES string of the molecule is O=Cc1cc(Cl)c2ncc(Br)cc2c1. The van der Waals surface area contributed by atoms with Gasteiger partial charge >= 0.3 is 0 Å². The van der Waals surface area contributed by atoms with Crippen molar-refractivity contribution >= 4 is 44.7 Å². The van der Waals surface area contributed by atoms with Crippen molar-refractivity contribution in [1.29, 1.82) is 0 Å². The van der Waals surface area contributed by atoms with Crippen LogP contribution in [0.4, 0.5) is 0 Å². The maximum atomic E-state index is 10.6. The minimum Gasteiger partial charge on any atom is -0.298 e. The van der Waals surface area contributed by atoms with Gasteiger partial charge < -0.3 is 0 Å². The average Bonchev–Trinajstić information content (AvgIpc) is 2.16. The van der Waals surface area contributed by atoms with E-state index in [0.717, 1.165) is 16.1 Å². The van der Waals surface area contributed by atoms with Gasteiger partial charge in [-0.3, -0.25) is 9.78 Å². The zero-order valence-corrected chi connectivity index (χ0v) is 9.34. The van der Waals surface area contributed by atoms with Crippen LogP contribution < -0.4 is 0 Å². The van der Waals surface area contributed by atoms with Crippen molar-refractivity contribution in [3.05, 3.63) is 39.5 Å². The molecule has 2 rings (SSSR count). The Morgan fingerprint density at radius 2 is 2.14 bits per heavy atom. The molecule has 1 aromatic carbocycles. The molecule has 0 saturated carbocycles. The van der Waals surface area contributed by atoms with Crippen LogP contribution in [-0.4, -0.2) is 11.3 Å². The minimum atomic E-state index is 0.497. The number of fused-ring (bicyclic) bond motifs is 1. The van der Waals surface area contributed by atoms with Crippen molar-refractivity contribution in [2.45, 2.75) is 0 Å². The second-order valence-electron chi connectivity index (χ2n) is 2.85. The lowest BCUT2D eigenvalue weighted by atomic mass is 10.1. The molecule has 0 bridgehead atoms. The third kappa shape index (κ3) is 1.65. The van der Waals surface area contributed by atoms with Crippen LogP contribution in [0.15, 0.2) is 28.9 Å². The van der Waals surface area contributed by atoms with E-state index in [1.165, 1.54) is 0 Å². The number of aromatic nitrogens is 1. The van der Waals surface area contributed by atoms with Crippen molar-refractivity contribution in [3.8, 4) is 0 Å². The van der Waals surface area contributed by atoms with E-state index in [-0.39, 0.29) is 0 Å². The average molecular weight is 271 g/mol. The van der Waals surface area contributed by atoms with Crippen LogP contribution in [0.3, 0.4) is 0 Å². The highest BCUT2D eigenvalue weighted by Gasteiger charge is 2.03. The van der Waals surface area contributed by atoms with Crippen LogP contribution in [0.2, 0.25) is 5.02 Å². The number of carbonyl (C=O) groups excluding carboxylic acids is 1. The molecule has 0 aliphatic heterocycles. The molecule has 1 heterocycles. The van der Waals surface area contributed by atoms with Gasteiger partial charge in [0, 0.05) is 21.6 Å². The summed E-state index contributed by atoms with van der Waals surface area (Å²) in [4.78, 5) is 14.8. The highest BCUT2D eigenvalue weighted by atomic mass is 79.9. The quantitative estimate of drug-likeness (QED) is 0.743. The molecule has 0 amide bonds. The molecule has 0 N–H and O–H groups in total. The second kappa shape index (κ2) is 3.67. The van der Waals surface area contributed by atoms with E-state index in [1.807, 2.05) is 6.07 Å². The van der Waals surface area contributed by atoms with Crippen LogP contribution in [0, 0.1) is 0 Å². The van der Waals surface area contributed by atoms with E-state index in [4.69, 9.17) is 11.6 Å². The molecule has 0 atom stereocenters. The summed E-state index contributed by atoms with van der Waals surface area (Å²) in [6.07, 6.45) is 2.45. The molecular weight excluding hydrogens is 265 g/mol. The normalized spacial score (nSPS) is 10.4. The van der Waals surface area contributed by atoms with Gasteiger partial charge in [0.2, 0.25) is 0 Å². The first-order valence-electron chi connectivity index (χ1n) is 3.90. The van der Waals surface area contributed by atoms with Crippen LogP contribution in [-0.2, 0) is 0 Å². The van der Waals surface area contributed by atoms with Crippen molar-refractivity contribution in [2.75, 3.05) is 0 Å². The highest BCUT2D eigenvalue weighted by molar-refractivity contribution is 9.10. The van der Waals surface area contributed by atoms with Gasteiger partial charge in [0.05, 0.1) is 10.5 Å². The molecule has 70 valence electrons. The predicted molar refractivity (Wildman–Crippen MR) is 59.8 cm³/mol. The highest BCUT2D eigenvalue weighted by Crippen LogP contribution is 2.25. The summed E-state index contributed by atoms with van der Waals surface area (Å²) >= 11 is 9.27. The van der Waals surface area contributed by atoms with Gasteiger partial charge in [0.25, 0.3) is 0 Å². The molecule has 14 heavy (non-hydrogen) atoms. The van der Waals surface area contributed by atoms with Crippen molar-refractivity contribution in [1.82, 2.24) is 4.98 Å². The van der Waals surface area contributed by atoms with E-state index in [0.29, 0.717) is 16.1 Å². The first-order valence-corrected chi connectivity index (χ1v) is 5.08. The Balaban J connectivity index is 2.83. The molecule has 0 fully saturated rings. The molecule has 0 spiro atoms. The van der Waals surface area contributed by atoms with E-state index >= 15 is 0 Å². The third-order valence-corrected chi connectivity index (χ3v) is 2.58. The summed E-state index contributed by atoms with van der Waals surface area (Å²) in [5.74, 6) is 0. The van der Waals surface area contributed by atoms with E-state index in [1.54, 1.807) is 18.3 Å². The Kier molecular flexibility index (Phi) is 2.52. The monoisotopic (exact) mass is 269 g/mol. The third-order valence-electron chi connectivity index (χ3n) is 1.86. The summed E-state index contributed by atoms with van der Waals surface area (Å²) in [5, 5.41) is 1.35.